The average Bonchev–Trinajstić information content (AvgIpc) is 2.54. The first-order chi connectivity index (χ1) is 11.5. The number of rotatable bonds is 4. The van der Waals surface area contributed by atoms with Crippen molar-refractivity contribution in [3.63, 3.8) is 0 Å². The van der Waals surface area contributed by atoms with Crippen LogP contribution in [-0.2, 0) is 0 Å². The Kier molecular flexibility index (Phi) is 4.67. The van der Waals surface area contributed by atoms with Crippen LogP contribution in [0, 0.1) is 20.8 Å². The zero-order valence-electron chi connectivity index (χ0n) is 13.9. The number of aromatic nitrogens is 2. The number of nitrogens with one attached hydrogen (secondary N) is 2. The molecule has 0 fully saturated rings. The standard InChI is InChI=1S/C19H19ClN4/c1-12-7-4-5-9-16(12)23-19-21-13(2)11-18(24-19)22-17-10-6-8-15(20)14(17)3/h4-11H,1-3H3,(H2,21,22,23,24). The molecule has 0 saturated carbocycles. The molecule has 3 aromatic rings. The van der Waals surface area contributed by atoms with Gasteiger partial charge in [-0.25, -0.2) is 4.98 Å². The van der Waals surface area contributed by atoms with E-state index in [4.69, 9.17) is 11.6 Å². The Hall–Kier alpha value is -2.59. The lowest BCUT2D eigenvalue weighted by atomic mass is 10.2. The van der Waals surface area contributed by atoms with Crippen LogP contribution in [0.25, 0.3) is 0 Å². The Morgan fingerprint density at radius 1 is 0.833 bits per heavy atom. The Morgan fingerprint density at radius 3 is 2.38 bits per heavy atom. The van der Waals surface area contributed by atoms with E-state index in [9.17, 15) is 0 Å². The Balaban J connectivity index is 1.89. The van der Waals surface area contributed by atoms with Gasteiger partial charge >= 0.3 is 0 Å². The van der Waals surface area contributed by atoms with Gasteiger partial charge in [-0.2, -0.15) is 4.98 Å². The zero-order chi connectivity index (χ0) is 17.1. The van der Waals surface area contributed by atoms with Gasteiger partial charge in [-0.1, -0.05) is 35.9 Å². The summed E-state index contributed by atoms with van der Waals surface area (Å²) >= 11 is 6.18. The molecule has 0 aliphatic heterocycles. The second kappa shape index (κ2) is 6.89. The molecule has 0 aliphatic rings. The largest absolute Gasteiger partial charge is 0.340 e. The molecule has 0 unspecified atom stereocenters. The van der Waals surface area contributed by atoms with Gasteiger partial charge in [0.2, 0.25) is 5.95 Å². The molecular weight excluding hydrogens is 320 g/mol. The average molecular weight is 339 g/mol. The van der Waals surface area contributed by atoms with E-state index in [0.29, 0.717) is 5.95 Å². The fraction of sp³-hybridized carbons (Fsp3) is 0.158. The Bertz CT molecular complexity index is 877. The molecule has 0 aliphatic carbocycles. The molecule has 0 spiro atoms. The summed E-state index contributed by atoms with van der Waals surface area (Å²) in [6.07, 6.45) is 0. The zero-order valence-corrected chi connectivity index (χ0v) is 14.6. The summed E-state index contributed by atoms with van der Waals surface area (Å²) in [7, 11) is 0. The van der Waals surface area contributed by atoms with Crippen LogP contribution in [0.3, 0.4) is 0 Å². The normalized spacial score (nSPS) is 10.5. The van der Waals surface area contributed by atoms with E-state index in [-0.39, 0.29) is 0 Å². The van der Waals surface area contributed by atoms with Crippen LogP contribution >= 0.6 is 11.6 Å². The molecule has 3 rings (SSSR count). The lowest BCUT2D eigenvalue weighted by molar-refractivity contribution is 1.10. The third-order valence-corrected chi connectivity index (χ3v) is 4.19. The molecule has 1 aromatic heterocycles. The maximum Gasteiger partial charge on any atom is 0.229 e. The minimum atomic E-state index is 0.562. The van der Waals surface area contributed by atoms with Gasteiger partial charge in [0.25, 0.3) is 0 Å². The lowest BCUT2D eigenvalue weighted by Crippen LogP contribution is -2.03. The van der Waals surface area contributed by atoms with Crippen LogP contribution in [0.15, 0.2) is 48.5 Å². The highest BCUT2D eigenvalue weighted by Crippen LogP contribution is 2.26. The summed E-state index contributed by atoms with van der Waals surface area (Å²) in [5.41, 5.74) is 4.94. The van der Waals surface area contributed by atoms with Gasteiger partial charge in [-0.15, -0.1) is 0 Å². The van der Waals surface area contributed by atoms with Gasteiger partial charge in [0.15, 0.2) is 0 Å². The molecule has 0 atom stereocenters. The number of nitrogens with zero attached hydrogens (tertiary/aromatic N) is 2. The van der Waals surface area contributed by atoms with Crippen molar-refractivity contribution in [1.29, 1.82) is 0 Å². The van der Waals surface area contributed by atoms with Crippen LogP contribution in [0.2, 0.25) is 5.02 Å². The number of hydrogen-bond donors (Lipinski definition) is 2. The highest BCUT2D eigenvalue weighted by molar-refractivity contribution is 6.31. The van der Waals surface area contributed by atoms with E-state index in [2.05, 4.69) is 20.6 Å². The van der Waals surface area contributed by atoms with E-state index in [1.165, 1.54) is 0 Å². The summed E-state index contributed by atoms with van der Waals surface area (Å²) in [6.45, 7) is 5.97. The van der Waals surface area contributed by atoms with Crippen LogP contribution in [-0.4, -0.2) is 9.97 Å². The Morgan fingerprint density at radius 2 is 1.58 bits per heavy atom. The van der Waals surface area contributed by atoms with Crippen LogP contribution in [0.5, 0.6) is 0 Å². The number of hydrogen-bond acceptors (Lipinski definition) is 4. The molecule has 0 radical (unpaired) electrons. The quantitative estimate of drug-likeness (QED) is 0.655. The third kappa shape index (κ3) is 3.66. The number of benzene rings is 2. The predicted octanol–water partition coefficient (Wildman–Crippen LogP) is 5.54. The van der Waals surface area contributed by atoms with Crippen molar-refractivity contribution in [2.45, 2.75) is 20.8 Å². The highest BCUT2D eigenvalue weighted by atomic mass is 35.5. The molecule has 2 aromatic carbocycles. The molecule has 1 heterocycles. The summed E-state index contributed by atoms with van der Waals surface area (Å²) in [6, 6.07) is 15.7. The molecule has 24 heavy (non-hydrogen) atoms. The molecule has 4 nitrogen and oxygen atoms in total. The van der Waals surface area contributed by atoms with E-state index in [0.717, 1.165) is 39.0 Å². The summed E-state index contributed by atoms with van der Waals surface area (Å²) in [5, 5.41) is 7.32. The van der Waals surface area contributed by atoms with Gasteiger partial charge in [0.05, 0.1) is 0 Å². The number of para-hydroxylation sites is 1. The van der Waals surface area contributed by atoms with E-state index >= 15 is 0 Å². The number of halogens is 1. The fourth-order valence-corrected chi connectivity index (χ4v) is 2.58. The minimum Gasteiger partial charge on any atom is -0.340 e. The van der Waals surface area contributed by atoms with E-state index in [1.807, 2.05) is 69.3 Å². The van der Waals surface area contributed by atoms with Gasteiger partial charge in [0.1, 0.15) is 5.82 Å². The highest BCUT2D eigenvalue weighted by Gasteiger charge is 2.07. The van der Waals surface area contributed by atoms with Crippen molar-refractivity contribution in [2.24, 2.45) is 0 Å². The van der Waals surface area contributed by atoms with Gasteiger partial charge in [0, 0.05) is 28.2 Å². The first-order valence-electron chi connectivity index (χ1n) is 7.73. The smallest absolute Gasteiger partial charge is 0.229 e. The van der Waals surface area contributed by atoms with Crippen molar-refractivity contribution >= 4 is 34.7 Å². The lowest BCUT2D eigenvalue weighted by Gasteiger charge is -2.13. The summed E-state index contributed by atoms with van der Waals surface area (Å²) < 4.78 is 0. The van der Waals surface area contributed by atoms with Crippen molar-refractivity contribution in [2.75, 3.05) is 10.6 Å². The topological polar surface area (TPSA) is 49.8 Å². The fourth-order valence-electron chi connectivity index (χ4n) is 2.40. The Labute approximate surface area is 146 Å². The van der Waals surface area contributed by atoms with Crippen molar-refractivity contribution in [3.05, 3.63) is 70.4 Å². The number of aryl methyl sites for hydroxylation is 2. The second-order valence-electron chi connectivity index (χ2n) is 5.70. The molecule has 0 saturated heterocycles. The molecule has 0 amide bonds. The summed E-state index contributed by atoms with van der Waals surface area (Å²) in [5.74, 6) is 1.29. The van der Waals surface area contributed by atoms with Crippen molar-refractivity contribution in [1.82, 2.24) is 9.97 Å². The van der Waals surface area contributed by atoms with Crippen LogP contribution < -0.4 is 10.6 Å². The molecule has 2 N–H and O–H groups in total. The molecular formula is C19H19ClN4. The molecule has 0 bridgehead atoms. The van der Waals surface area contributed by atoms with E-state index < -0.39 is 0 Å². The third-order valence-electron chi connectivity index (χ3n) is 3.78. The SMILES string of the molecule is Cc1cc(Nc2cccc(Cl)c2C)nc(Nc2ccccc2C)n1. The van der Waals surface area contributed by atoms with Crippen molar-refractivity contribution in [3.8, 4) is 0 Å². The maximum atomic E-state index is 6.18. The van der Waals surface area contributed by atoms with Crippen molar-refractivity contribution < 1.29 is 0 Å². The van der Waals surface area contributed by atoms with Gasteiger partial charge in [-0.3, -0.25) is 0 Å². The van der Waals surface area contributed by atoms with Crippen LogP contribution in [0.1, 0.15) is 16.8 Å². The first kappa shape index (κ1) is 16.3. The van der Waals surface area contributed by atoms with Crippen LogP contribution in [0.4, 0.5) is 23.1 Å². The van der Waals surface area contributed by atoms with Gasteiger partial charge in [-0.05, 0) is 50.1 Å². The second-order valence-corrected chi connectivity index (χ2v) is 6.10. The monoisotopic (exact) mass is 338 g/mol. The maximum absolute atomic E-state index is 6.18. The van der Waals surface area contributed by atoms with Gasteiger partial charge < -0.3 is 10.6 Å². The predicted molar refractivity (Wildman–Crippen MR) is 101 cm³/mol. The summed E-state index contributed by atoms with van der Waals surface area (Å²) in [4.78, 5) is 9.02. The molecule has 5 heteroatoms. The molecule has 122 valence electrons. The minimum absolute atomic E-state index is 0.562. The van der Waals surface area contributed by atoms with E-state index in [1.54, 1.807) is 0 Å². The number of anilines is 4. The first-order valence-corrected chi connectivity index (χ1v) is 8.11.